The summed E-state index contributed by atoms with van der Waals surface area (Å²) in [6, 6.07) is 4.48. The number of amides is 1. The first-order valence-electron chi connectivity index (χ1n) is 7.83. The lowest BCUT2D eigenvalue weighted by molar-refractivity contribution is -0.137. The van der Waals surface area contributed by atoms with E-state index >= 15 is 0 Å². The van der Waals surface area contributed by atoms with Crippen LogP contribution in [0.5, 0.6) is 0 Å². The fraction of sp³-hybridized carbons (Fsp3) is 0.412. The van der Waals surface area contributed by atoms with Gasteiger partial charge in [0.25, 0.3) is 5.91 Å². The zero-order valence-corrected chi connectivity index (χ0v) is 13.3. The summed E-state index contributed by atoms with van der Waals surface area (Å²) in [7, 11) is 1.80. The summed E-state index contributed by atoms with van der Waals surface area (Å²) in [5.74, 6) is -0.366. The Morgan fingerprint density at radius 2 is 2.08 bits per heavy atom. The molecule has 0 N–H and O–H groups in total. The third kappa shape index (κ3) is 3.29. The molecule has 1 fully saturated rings. The summed E-state index contributed by atoms with van der Waals surface area (Å²) in [5, 5.41) is 4.13. The minimum absolute atomic E-state index is 0.0700. The highest BCUT2D eigenvalue weighted by atomic mass is 19.4. The molecule has 1 aliphatic heterocycles. The fourth-order valence-electron chi connectivity index (χ4n) is 3.13. The van der Waals surface area contributed by atoms with Gasteiger partial charge >= 0.3 is 6.18 Å². The smallest absolute Gasteiger partial charge is 0.331 e. The fourth-order valence-corrected chi connectivity index (χ4v) is 3.13. The molecule has 1 aromatic carbocycles. The first kappa shape index (κ1) is 16.5. The van der Waals surface area contributed by atoms with Gasteiger partial charge < -0.3 is 4.90 Å². The Kier molecular flexibility index (Phi) is 4.34. The Hall–Kier alpha value is -2.31. The number of rotatable bonds is 2. The SMILES string of the molecule is Cn1cc([C@H]2CCCCN2C(=O)c2cccc(C(F)(F)F)c2)cn1. The number of carbonyl (C=O) groups excluding carboxylic acids is 1. The number of nitrogens with zero attached hydrogens (tertiary/aromatic N) is 3. The molecule has 128 valence electrons. The summed E-state index contributed by atoms with van der Waals surface area (Å²) in [4.78, 5) is 14.5. The molecule has 3 rings (SSSR count). The number of carbonyl (C=O) groups is 1. The number of benzene rings is 1. The van der Waals surface area contributed by atoms with Gasteiger partial charge in [-0.1, -0.05) is 6.07 Å². The molecule has 1 aromatic heterocycles. The van der Waals surface area contributed by atoms with Gasteiger partial charge in [0.1, 0.15) is 0 Å². The maximum absolute atomic E-state index is 12.9. The maximum atomic E-state index is 12.9. The van der Waals surface area contributed by atoms with Crippen LogP contribution in [0.25, 0.3) is 0 Å². The second kappa shape index (κ2) is 6.30. The molecule has 24 heavy (non-hydrogen) atoms. The lowest BCUT2D eigenvalue weighted by atomic mass is 9.96. The van der Waals surface area contributed by atoms with Crippen molar-refractivity contribution in [3.63, 3.8) is 0 Å². The third-order valence-corrected chi connectivity index (χ3v) is 4.31. The van der Waals surface area contributed by atoms with Crippen molar-refractivity contribution in [2.75, 3.05) is 6.54 Å². The molecule has 1 amide bonds. The van der Waals surface area contributed by atoms with E-state index in [0.29, 0.717) is 6.54 Å². The van der Waals surface area contributed by atoms with E-state index < -0.39 is 11.7 Å². The largest absolute Gasteiger partial charge is 0.416 e. The molecule has 1 saturated heterocycles. The molecule has 0 unspecified atom stereocenters. The topological polar surface area (TPSA) is 38.1 Å². The first-order valence-corrected chi connectivity index (χ1v) is 7.83. The highest BCUT2D eigenvalue weighted by Crippen LogP contribution is 2.33. The minimum atomic E-state index is -4.46. The van der Waals surface area contributed by atoms with Crippen LogP contribution in [0, 0.1) is 0 Å². The van der Waals surface area contributed by atoms with Crippen LogP contribution in [0.4, 0.5) is 13.2 Å². The molecule has 1 atom stereocenters. The Balaban J connectivity index is 1.90. The first-order chi connectivity index (χ1) is 11.4. The molecule has 2 aromatic rings. The zero-order valence-electron chi connectivity index (χ0n) is 13.3. The lowest BCUT2D eigenvalue weighted by Gasteiger charge is -2.35. The van der Waals surface area contributed by atoms with Gasteiger partial charge in [-0.3, -0.25) is 9.48 Å². The van der Waals surface area contributed by atoms with E-state index in [1.165, 1.54) is 12.1 Å². The predicted molar refractivity (Wildman–Crippen MR) is 82.3 cm³/mol. The van der Waals surface area contributed by atoms with Crippen LogP contribution >= 0.6 is 0 Å². The summed E-state index contributed by atoms with van der Waals surface area (Å²) in [6.07, 6.45) is 1.72. The van der Waals surface area contributed by atoms with Crippen LogP contribution in [-0.2, 0) is 13.2 Å². The molecular weight excluding hydrogens is 319 g/mol. The molecular formula is C17H18F3N3O. The number of alkyl halides is 3. The Bertz CT molecular complexity index is 739. The molecule has 0 aliphatic carbocycles. The quantitative estimate of drug-likeness (QED) is 0.836. The van der Waals surface area contributed by atoms with Crippen molar-refractivity contribution < 1.29 is 18.0 Å². The number of piperidine rings is 1. The van der Waals surface area contributed by atoms with Crippen molar-refractivity contribution in [1.82, 2.24) is 14.7 Å². The number of halogens is 3. The second-order valence-corrected chi connectivity index (χ2v) is 6.04. The van der Waals surface area contributed by atoms with Crippen molar-refractivity contribution in [3.05, 3.63) is 53.3 Å². The van der Waals surface area contributed by atoms with Crippen LogP contribution in [0.15, 0.2) is 36.7 Å². The van der Waals surface area contributed by atoms with Gasteiger partial charge in [0.15, 0.2) is 0 Å². The van der Waals surface area contributed by atoms with E-state index in [1.807, 2.05) is 6.20 Å². The van der Waals surface area contributed by atoms with E-state index in [2.05, 4.69) is 5.10 Å². The summed E-state index contributed by atoms with van der Waals surface area (Å²) in [6.45, 7) is 0.536. The van der Waals surface area contributed by atoms with E-state index in [4.69, 9.17) is 0 Å². The van der Waals surface area contributed by atoms with Crippen molar-refractivity contribution >= 4 is 5.91 Å². The van der Waals surface area contributed by atoms with E-state index in [1.54, 1.807) is 22.8 Å². The second-order valence-electron chi connectivity index (χ2n) is 6.04. The number of hydrogen-bond acceptors (Lipinski definition) is 2. The van der Waals surface area contributed by atoms with Gasteiger partial charge in [-0.2, -0.15) is 18.3 Å². The number of likely N-dealkylation sites (tertiary alicyclic amines) is 1. The summed E-state index contributed by atoms with van der Waals surface area (Å²) >= 11 is 0. The van der Waals surface area contributed by atoms with Crippen LogP contribution < -0.4 is 0 Å². The monoisotopic (exact) mass is 337 g/mol. The van der Waals surface area contributed by atoms with Gasteiger partial charge in [0.05, 0.1) is 17.8 Å². The van der Waals surface area contributed by atoms with Crippen molar-refractivity contribution in [1.29, 1.82) is 0 Å². The van der Waals surface area contributed by atoms with Crippen molar-refractivity contribution in [3.8, 4) is 0 Å². The third-order valence-electron chi connectivity index (χ3n) is 4.31. The average Bonchev–Trinajstić information content (AvgIpc) is 3.00. The molecule has 2 heterocycles. The zero-order chi connectivity index (χ0) is 17.3. The van der Waals surface area contributed by atoms with Gasteiger partial charge in [-0.05, 0) is 37.5 Å². The van der Waals surface area contributed by atoms with Crippen LogP contribution in [0.3, 0.4) is 0 Å². The summed E-state index contributed by atoms with van der Waals surface area (Å²) in [5.41, 5.74) is 0.182. The molecule has 7 heteroatoms. The van der Waals surface area contributed by atoms with Crippen molar-refractivity contribution in [2.45, 2.75) is 31.5 Å². The van der Waals surface area contributed by atoms with Gasteiger partial charge in [0, 0.05) is 30.9 Å². The number of aromatic nitrogens is 2. The van der Waals surface area contributed by atoms with Crippen LogP contribution in [0.1, 0.15) is 46.8 Å². The number of hydrogen-bond donors (Lipinski definition) is 0. The molecule has 4 nitrogen and oxygen atoms in total. The van der Waals surface area contributed by atoms with Gasteiger partial charge in [-0.15, -0.1) is 0 Å². The minimum Gasteiger partial charge on any atom is -0.331 e. The molecule has 0 bridgehead atoms. The standard InChI is InChI=1S/C17H18F3N3O/c1-22-11-13(10-21-22)15-7-2-3-8-23(15)16(24)12-5-4-6-14(9-12)17(18,19)20/h4-6,9-11,15H,2-3,7-8H2,1H3/t15-/m1/s1. The van der Waals surface area contributed by atoms with E-state index in [9.17, 15) is 18.0 Å². The van der Waals surface area contributed by atoms with Gasteiger partial charge in [-0.25, -0.2) is 0 Å². The number of aryl methyl sites for hydroxylation is 1. The molecule has 0 spiro atoms. The predicted octanol–water partition coefficient (Wildman–Crippen LogP) is 3.81. The van der Waals surface area contributed by atoms with Crippen LogP contribution in [0.2, 0.25) is 0 Å². The summed E-state index contributed by atoms with van der Waals surface area (Å²) < 4.78 is 40.3. The highest BCUT2D eigenvalue weighted by molar-refractivity contribution is 5.94. The van der Waals surface area contributed by atoms with Gasteiger partial charge in [0.2, 0.25) is 0 Å². The molecule has 0 saturated carbocycles. The average molecular weight is 337 g/mol. The Labute approximate surface area is 137 Å². The van der Waals surface area contributed by atoms with E-state index in [0.717, 1.165) is 37.0 Å². The molecule has 1 aliphatic rings. The normalized spacial score (nSPS) is 18.7. The maximum Gasteiger partial charge on any atom is 0.416 e. The molecule has 0 radical (unpaired) electrons. The highest BCUT2D eigenvalue weighted by Gasteiger charge is 2.33. The lowest BCUT2D eigenvalue weighted by Crippen LogP contribution is -2.38. The van der Waals surface area contributed by atoms with Crippen LogP contribution in [-0.4, -0.2) is 27.1 Å². The Morgan fingerprint density at radius 1 is 1.29 bits per heavy atom. The van der Waals surface area contributed by atoms with E-state index in [-0.39, 0.29) is 17.5 Å². The Morgan fingerprint density at radius 3 is 2.75 bits per heavy atom. The van der Waals surface area contributed by atoms with Crippen molar-refractivity contribution in [2.24, 2.45) is 7.05 Å².